The normalized spacial score (nSPS) is 33.9. The van der Waals surface area contributed by atoms with E-state index in [1.54, 1.807) is 0 Å². The molecule has 3 fully saturated rings. The van der Waals surface area contributed by atoms with Gasteiger partial charge < -0.3 is 10.1 Å². The second-order valence-corrected chi connectivity index (χ2v) is 6.47. The number of hydrogen-bond donors (Lipinski definition) is 1. The molecule has 2 unspecified atom stereocenters. The van der Waals surface area contributed by atoms with Gasteiger partial charge in [-0.1, -0.05) is 0 Å². The van der Waals surface area contributed by atoms with Crippen LogP contribution in [0, 0.1) is 0 Å². The minimum Gasteiger partial charge on any atom is -0.379 e. The van der Waals surface area contributed by atoms with Crippen molar-refractivity contribution in [2.75, 3.05) is 45.9 Å². The summed E-state index contributed by atoms with van der Waals surface area (Å²) in [5, 5.41) is 3.76. The fourth-order valence-electron chi connectivity index (χ4n) is 3.55. The number of hydrogen-bond acceptors (Lipinski definition) is 4. The summed E-state index contributed by atoms with van der Waals surface area (Å²) in [5.41, 5.74) is 0. The van der Waals surface area contributed by atoms with Crippen molar-refractivity contribution >= 4 is 0 Å². The first-order chi connectivity index (χ1) is 9.33. The Bertz CT molecular complexity index is 277. The van der Waals surface area contributed by atoms with Gasteiger partial charge in [-0.2, -0.15) is 0 Å². The predicted octanol–water partition coefficient (Wildman–Crippen LogP) is 0.924. The molecule has 3 aliphatic rings. The van der Waals surface area contributed by atoms with Crippen molar-refractivity contribution in [1.29, 1.82) is 0 Å². The maximum absolute atomic E-state index is 5.38. The third kappa shape index (κ3) is 3.91. The molecule has 2 heterocycles. The van der Waals surface area contributed by atoms with E-state index in [0.717, 1.165) is 44.4 Å². The van der Waals surface area contributed by atoms with Crippen LogP contribution >= 0.6 is 0 Å². The van der Waals surface area contributed by atoms with E-state index in [1.807, 2.05) is 0 Å². The molecule has 1 aliphatic carbocycles. The molecule has 0 aromatic heterocycles. The fourth-order valence-corrected chi connectivity index (χ4v) is 3.55. The van der Waals surface area contributed by atoms with Crippen LogP contribution in [0.3, 0.4) is 0 Å². The summed E-state index contributed by atoms with van der Waals surface area (Å²) in [4.78, 5) is 5.25. The quantitative estimate of drug-likeness (QED) is 0.725. The molecule has 0 bridgehead atoms. The van der Waals surface area contributed by atoms with Crippen LogP contribution < -0.4 is 5.32 Å². The van der Waals surface area contributed by atoms with Gasteiger partial charge in [0.1, 0.15) is 0 Å². The van der Waals surface area contributed by atoms with Crippen molar-refractivity contribution in [3.05, 3.63) is 0 Å². The van der Waals surface area contributed by atoms with Crippen LogP contribution in [0.5, 0.6) is 0 Å². The third-order valence-corrected chi connectivity index (χ3v) is 4.83. The zero-order valence-corrected chi connectivity index (χ0v) is 12.3. The Kier molecular flexibility index (Phi) is 4.74. The highest BCUT2D eigenvalue weighted by Crippen LogP contribution is 2.33. The van der Waals surface area contributed by atoms with E-state index in [4.69, 9.17) is 4.74 Å². The van der Waals surface area contributed by atoms with E-state index in [1.165, 1.54) is 45.3 Å². The number of nitrogens with zero attached hydrogens (tertiary/aromatic N) is 2. The Balaban J connectivity index is 1.28. The van der Waals surface area contributed by atoms with E-state index in [-0.39, 0.29) is 0 Å². The van der Waals surface area contributed by atoms with Crippen molar-refractivity contribution in [2.24, 2.45) is 0 Å². The molecule has 0 amide bonds. The zero-order valence-electron chi connectivity index (χ0n) is 12.3. The first kappa shape index (κ1) is 13.8. The van der Waals surface area contributed by atoms with Crippen LogP contribution in [0.4, 0.5) is 0 Å². The molecule has 0 radical (unpaired) electrons. The molecule has 0 aromatic carbocycles. The maximum atomic E-state index is 5.38. The van der Waals surface area contributed by atoms with Crippen LogP contribution in [0.15, 0.2) is 0 Å². The molecule has 2 saturated heterocycles. The van der Waals surface area contributed by atoms with Crippen molar-refractivity contribution in [3.63, 3.8) is 0 Å². The molecule has 4 nitrogen and oxygen atoms in total. The zero-order chi connectivity index (χ0) is 13.1. The minimum atomic E-state index is 0.736. The Labute approximate surface area is 117 Å². The van der Waals surface area contributed by atoms with Gasteiger partial charge in [0.15, 0.2) is 0 Å². The van der Waals surface area contributed by atoms with Gasteiger partial charge in [0.05, 0.1) is 13.2 Å². The summed E-state index contributed by atoms with van der Waals surface area (Å²) in [6.07, 6.45) is 5.49. The van der Waals surface area contributed by atoms with Crippen LogP contribution in [-0.2, 0) is 4.74 Å². The topological polar surface area (TPSA) is 27.7 Å². The maximum Gasteiger partial charge on any atom is 0.0594 e. The van der Waals surface area contributed by atoms with E-state index in [9.17, 15) is 0 Å². The van der Waals surface area contributed by atoms with Crippen LogP contribution in [-0.4, -0.2) is 73.9 Å². The molecule has 0 aromatic rings. The van der Waals surface area contributed by atoms with Crippen LogP contribution in [0.1, 0.15) is 32.6 Å². The van der Waals surface area contributed by atoms with Crippen molar-refractivity contribution < 1.29 is 4.74 Å². The average molecular weight is 267 g/mol. The first-order valence-electron chi connectivity index (χ1n) is 8.12. The van der Waals surface area contributed by atoms with Crippen LogP contribution in [0.2, 0.25) is 0 Å². The van der Waals surface area contributed by atoms with E-state index in [0.29, 0.717) is 0 Å². The Morgan fingerprint density at radius 2 is 2.00 bits per heavy atom. The van der Waals surface area contributed by atoms with Crippen molar-refractivity contribution in [2.45, 2.75) is 50.7 Å². The van der Waals surface area contributed by atoms with E-state index < -0.39 is 0 Å². The smallest absolute Gasteiger partial charge is 0.0594 e. The highest BCUT2D eigenvalue weighted by Gasteiger charge is 2.38. The number of rotatable bonds is 6. The lowest BCUT2D eigenvalue weighted by Gasteiger charge is -2.26. The van der Waals surface area contributed by atoms with E-state index >= 15 is 0 Å². The lowest BCUT2D eigenvalue weighted by Crippen LogP contribution is -2.39. The van der Waals surface area contributed by atoms with Gasteiger partial charge in [-0.25, -0.2) is 0 Å². The molecule has 3 rings (SSSR count). The summed E-state index contributed by atoms with van der Waals surface area (Å²) in [5.74, 6) is 0. The summed E-state index contributed by atoms with van der Waals surface area (Å²) in [7, 11) is 0. The van der Waals surface area contributed by atoms with Gasteiger partial charge >= 0.3 is 0 Å². The summed E-state index contributed by atoms with van der Waals surface area (Å²) < 4.78 is 5.38. The number of morpholine rings is 1. The summed E-state index contributed by atoms with van der Waals surface area (Å²) in [6.45, 7) is 10.2. The van der Waals surface area contributed by atoms with Gasteiger partial charge in [-0.3, -0.25) is 9.80 Å². The van der Waals surface area contributed by atoms with Gasteiger partial charge in [0.2, 0.25) is 0 Å². The molecular formula is C15H29N3O. The fraction of sp³-hybridized carbons (Fsp3) is 1.00. The number of ether oxygens (including phenoxy) is 1. The Morgan fingerprint density at radius 1 is 1.21 bits per heavy atom. The summed E-state index contributed by atoms with van der Waals surface area (Å²) >= 11 is 0. The highest BCUT2D eigenvalue weighted by atomic mass is 16.5. The largest absolute Gasteiger partial charge is 0.379 e. The van der Waals surface area contributed by atoms with Crippen molar-refractivity contribution in [1.82, 2.24) is 15.1 Å². The molecule has 2 aliphatic heterocycles. The first-order valence-corrected chi connectivity index (χ1v) is 8.12. The SMILES string of the molecule is CC1CC(NCCCN2CCOCC2)CN1C1CC1. The molecule has 110 valence electrons. The number of nitrogens with one attached hydrogen (secondary N) is 1. The molecule has 4 heteroatoms. The number of likely N-dealkylation sites (tertiary alicyclic amines) is 1. The molecule has 1 N–H and O–H groups in total. The molecular weight excluding hydrogens is 238 g/mol. The lowest BCUT2D eigenvalue weighted by molar-refractivity contribution is 0.0374. The van der Waals surface area contributed by atoms with Gasteiger partial charge in [-0.15, -0.1) is 0 Å². The average Bonchev–Trinajstić information content (AvgIpc) is 3.20. The standard InChI is InChI=1S/C15H29N3O/c1-13-11-14(12-18(13)15-3-4-15)16-5-2-6-17-7-9-19-10-8-17/h13-16H,2-12H2,1H3. The molecule has 1 saturated carbocycles. The highest BCUT2D eigenvalue weighted by molar-refractivity contribution is 4.95. The minimum absolute atomic E-state index is 0.736. The third-order valence-electron chi connectivity index (χ3n) is 4.83. The van der Waals surface area contributed by atoms with E-state index in [2.05, 4.69) is 22.0 Å². The second kappa shape index (κ2) is 6.53. The second-order valence-electron chi connectivity index (χ2n) is 6.47. The van der Waals surface area contributed by atoms with Crippen molar-refractivity contribution in [3.8, 4) is 0 Å². The monoisotopic (exact) mass is 267 g/mol. The lowest BCUT2D eigenvalue weighted by atomic mass is 10.2. The molecule has 0 spiro atoms. The molecule has 19 heavy (non-hydrogen) atoms. The Morgan fingerprint density at radius 3 is 2.74 bits per heavy atom. The van der Waals surface area contributed by atoms with Crippen LogP contribution in [0.25, 0.3) is 0 Å². The van der Waals surface area contributed by atoms with Gasteiger partial charge in [0, 0.05) is 37.8 Å². The predicted molar refractivity (Wildman–Crippen MR) is 77.5 cm³/mol. The summed E-state index contributed by atoms with van der Waals surface area (Å²) in [6, 6.07) is 2.46. The molecule has 2 atom stereocenters. The Hall–Kier alpha value is -0.160. The van der Waals surface area contributed by atoms with Gasteiger partial charge in [-0.05, 0) is 45.7 Å². The van der Waals surface area contributed by atoms with Gasteiger partial charge in [0.25, 0.3) is 0 Å².